The number of hydrogen-bond donors (Lipinski definition) is 2. The first-order chi connectivity index (χ1) is 12.6. The molecule has 0 aliphatic rings. The Hall–Kier alpha value is -2.43. The van der Waals surface area contributed by atoms with Crippen LogP contribution in [0.25, 0.3) is 0 Å². The third-order valence-corrected chi connectivity index (χ3v) is 5.12. The smallest absolute Gasteiger partial charge is 0.321 e. The number of sulfonamides is 1. The summed E-state index contributed by atoms with van der Waals surface area (Å²) in [5, 5.41) is 6.81. The average Bonchev–Trinajstić information content (AvgIpc) is 3.04. The molecule has 9 nitrogen and oxygen atoms in total. The molecule has 2 rings (SSSR count). The predicted molar refractivity (Wildman–Crippen MR) is 98.8 cm³/mol. The second-order valence-electron chi connectivity index (χ2n) is 5.75. The van der Waals surface area contributed by atoms with Crippen LogP contribution in [0.2, 0.25) is 5.02 Å². The lowest BCUT2D eigenvalue weighted by Crippen LogP contribution is -2.35. The number of amides is 1. The standard InChI is InChI=1S/C16H19ClN4O5S/c1-10-4-5-12(17)6-14(10)20-16(23)11(2)26-15(22)8-19-27(24,25)13-7-18-21(3)9-13/h4-7,9,11,19H,8H2,1-3H3,(H,20,23). The molecule has 2 N–H and O–H groups in total. The lowest BCUT2D eigenvalue weighted by Gasteiger charge is -2.15. The SMILES string of the molecule is Cc1ccc(Cl)cc1NC(=O)C(C)OC(=O)CNS(=O)(=O)c1cnn(C)c1. The highest BCUT2D eigenvalue weighted by atomic mass is 35.5. The summed E-state index contributed by atoms with van der Waals surface area (Å²) in [5.41, 5.74) is 1.28. The van der Waals surface area contributed by atoms with E-state index < -0.39 is 34.5 Å². The third kappa shape index (κ3) is 5.78. The first-order valence-electron chi connectivity index (χ1n) is 7.83. The van der Waals surface area contributed by atoms with Crippen molar-refractivity contribution >= 4 is 39.2 Å². The van der Waals surface area contributed by atoms with Crippen molar-refractivity contribution < 1.29 is 22.7 Å². The van der Waals surface area contributed by atoms with Gasteiger partial charge in [-0.1, -0.05) is 17.7 Å². The van der Waals surface area contributed by atoms with Crippen molar-refractivity contribution in [3.8, 4) is 0 Å². The lowest BCUT2D eigenvalue weighted by atomic mass is 10.2. The van der Waals surface area contributed by atoms with Crippen LogP contribution in [0.4, 0.5) is 5.69 Å². The normalized spacial score (nSPS) is 12.4. The van der Waals surface area contributed by atoms with Crippen LogP contribution in [0.15, 0.2) is 35.5 Å². The van der Waals surface area contributed by atoms with Gasteiger partial charge in [0.1, 0.15) is 11.4 Å². The van der Waals surface area contributed by atoms with E-state index in [2.05, 4.69) is 15.1 Å². The molecule has 1 amide bonds. The predicted octanol–water partition coefficient (Wildman–Crippen LogP) is 1.23. The number of benzene rings is 1. The highest BCUT2D eigenvalue weighted by molar-refractivity contribution is 7.89. The maximum absolute atomic E-state index is 12.2. The summed E-state index contributed by atoms with van der Waals surface area (Å²) in [7, 11) is -2.33. The summed E-state index contributed by atoms with van der Waals surface area (Å²) in [6.45, 7) is 2.55. The maximum atomic E-state index is 12.2. The van der Waals surface area contributed by atoms with E-state index in [0.717, 1.165) is 11.8 Å². The second kappa shape index (κ2) is 8.51. The number of nitrogens with zero attached hydrogens (tertiary/aromatic N) is 2. The summed E-state index contributed by atoms with van der Waals surface area (Å²) in [6, 6.07) is 5.00. The summed E-state index contributed by atoms with van der Waals surface area (Å²) in [4.78, 5) is 23.9. The summed E-state index contributed by atoms with van der Waals surface area (Å²) in [5.74, 6) is -1.46. The number of carbonyl (C=O) groups excluding carboxylic acids is 2. The van der Waals surface area contributed by atoms with Gasteiger partial charge >= 0.3 is 5.97 Å². The number of esters is 1. The molecule has 0 saturated heterocycles. The molecule has 1 heterocycles. The Morgan fingerprint density at radius 3 is 2.70 bits per heavy atom. The molecule has 1 atom stereocenters. The van der Waals surface area contributed by atoms with Gasteiger partial charge < -0.3 is 10.1 Å². The minimum Gasteiger partial charge on any atom is -0.452 e. The number of aryl methyl sites for hydroxylation is 2. The Balaban J connectivity index is 1.89. The molecule has 1 unspecified atom stereocenters. The molecule has 146 valence electrons. The van der Waals surface area contributed by atoms with Gasteiger partial charge in [0.25, 0.3) is 5.91 Å². The largest absolute Gasteiger partial charge is 0.452 e. The molecule has 0 radical (unpaired) electrons. The number of halogens is 1. The summed E-state index contributed by atoms with van der Waals surface area (Å²) >= 11 is 5.89. The van der Waals surface area contributed by atoms with E-state index in [1.165, 1.54) is 17.8 Å². The van der Waals surface area contributed by atoms with Gasteiger partial charge in [-0.15, -0.1) is 0 Å². The van der Waals surface area contributed by atoms with E-state index in [-0.39, 0.29) is 4.90 Å². The second-order valence-corrected chi connectivity index (χ2v) is 7.96. The number of aromatic nitrogens is 2. The first kappa shape index (κ1) is 20.9. The molecule has 0 spiro atoms. The van der Waals surface area contributed by atoms with E-state index in [1.807, 2.05) is 0 Å². The molecule has 0 fully saturated rings. The number of ether oxygens (including phenoxy) is 1. The molecule has 0 bridgehead atoms. The van der Waals surface area contributed by atoms with Gasteiger partial charge in [-0.2, -0.15) is 9.82 Å². The Bertz CT molecular complexity index is 957. The van der Waals surface area contributed by atoms with Crippen LogP contribution >= 0.6 is 11.6 Å². The van der Waals surface area contributed by atoms with Crippen molar-refractivity contribution in [1.29, 1.82) is 0 Å². The molecule has 1 aromatic heterocycles. The van der Waals surface area contributed by atoms with Crippen molar-refractivity contribution in [3.05, 3.63) is 41.2 Å². The molecule has 1 aromatic carbocycles. The minimum atomic E-state index is -3.90. The van der Waals surface area contributed by atoms with Crippen molar-refractivity contribution in [3.63, 3.8) is 0 Å². The van der Waals surface area contributed by atoms with Crippen molar-refractivity contribution in [2.75, 3.05) is 11.9 Å². The zero-order valence-corrected chi connectivity index (χ0v) is 16.5. The number of rotatable bonds is 7. The number of hydrogen-bond acceptors (Lipinski definition) is 6. The average molecular weight is 415 g/mol. The van der Waals surface area contributed by atoms with E-state index in [0.29, 0.717) is 10.7 Å². The highest BCUT2D eigenvalue weighted by Gasteiger charge is 2.21. The van der Waals surface area contributed by atoms with Crippen LogP contribution in [0, 0.1) is 6.92 Å². The third-order valence-electron chi connectivity index (χ3n) is 3.53. The highest BCUT2D eigenvalue weighted by Crippen LogP contribution is 2.20. The molecule has 11 heteroatoms. The maximum Gasteiger partial charge on any atom is 0.321 e. The minimum absolute atomic E-state index is 0.0833. The molecule has 27 heavy (non-hydrogen) atoms. The Kier molecular flexibility index (Phi) is 6.58. The van der Waals surface area contributed by atoms with Gasteiger partial charge in [-0.3, -0.25) is 14.3 Å². The van der Waals surface area contributed by atoms with Gasteiger partial charge in [0.15, 0.2) is 6.10 Å². The van der Waals surface area contributed by atoms with Crippen LogP contribution < -0.4 is 10.0 Å². The number of nitrogens with one attached hydrogen (secondary N) is 2. The van der Waals surface area contributed by atoms with E-state index >= 15 is 0 Å². The Morgan fingerprint density at radius 1 is 1.37 bits per heavy atom. The van der Waals surface area contributed by atoms with Crippen LogP contribution in [0.3, 0.4) is 0 Å². The molecular weight excluding hydrogens is 396 g/mol. The fourth-order valence-corrected chi connectivity index (χ4v) is 3.15. The number of anilines is 1. The van der Waals surface area contributed by atoms with Crippen LogP contribution in [0.1, 0.15) is 12.5 Å². The quantitative estimate of drug-likeness (QED) is 0.657. The van der Waals surface area contributed by atoms with Crippen LogP contribution in [0.5, 0.6) is 0 Å². The molecular formula is C16H19ClN4O5S. The van der Waals surface area contributed by atoms with Crippen molar-refractivity contribution in [1.82, 2.24) is 14.5 Å². The first-order valence-corrected chi connectivity index (χ1v) is 9.69. The van der Waals surface area contributed by atoms with Gasteiger partial charge in [0.2, 0.25) is 10.0 Å². The summed E-state index contributed by atoms with van der Waals surface area (Å²) in [6.07, 6.45) is 1.31. The van der Waals surface area contributed by atoms with Gasteiger partial charge in [0.05, 0.1) is 6.20 Å². The lowest BCUT2D eigenvalue weighted by molar-refractivity contribution is -0.151. The fraction of sp³-hybridized carbons (Fsp3) is 0.312. The van der Waals surface area contributed by atoms with Crippen LogP contribution in [-0.2, 0) is 31.4 Å². The zero-order valence-electron chi connectivity index (χ0n) is 14.9. The van der Waals surface area contributed by atoms with E-state index in [9.17, 15) is 18.0 Å². The van der Waals surface area contributed by atoms with Gasteiger partial charge in [-0.05, 0) is 31.5 Å². The molecule has 0 aliphatic carbocycles. The van der Waals surface area contributed by atoms with E-state index in [1.54, 1.807) is 32.2 Å². The van der Waals surface area contributed by atoms with Gasteiger partial charge in [0, 0.05) is 24.0 Å². The molecule has 2 aromatic rings. The number of carbonyl (C=O) groups is 2. The monoisotopic (exact) mass is 414 g/mol. The van der Waals surface area contributed by atoms with Crippen LogP contribution in [-0.4, -0.2) is 42.7 Å². The zero-order chi connectivity index (χ0) is 20.2. The fourth-order valence-electron chi connectivity index (χ4n) is 2.03. The van der Waals surface area contributed by atoms with Crippen molar-refractivity contribution in [2.45, 2.75) is 24.8 Å². The Labute approximate surface area is 161 Å². The molecule has 0 saturated carbocycles. The topological polar surface area (TPSA) is 119 Å². The van der Waals surface area contributed by atoms with E-state index in [4.69, 9.17) is 16.3 Å². The van der Waals surface area contributed by atoms with Crippen molar-refractivity contribution in [2.24, 2.45) is 7.05 Å². The molecule has 0 aliphatic heterocycles. The summed E-state index contributed by atoms with van der Waals surface area (Å²) < 4.78 is 32.4. The Morgan fingerprint density at radius 2 is 2.07 bits per heavy atom. The van der Waals surface area contributed by atoms with Gasteiger partial charge in [-0.25, -0.2) is 8.42 Å².